The van der Waals surface area contributed by atoms with Gasteiger partial charge in [-0.05, 0) is 61.6 Å². The number of nitrogens with zero attached hydrogens (tertiary/aromatic N) is 3. The zero-order valence-electron chi connectivity index (χ0n) is 14.6. The highest BCUT2D eigenvalue weighted by molar-refractivity contribution is 7.17. The van der Waals surface area contributed by atoms with Gasteiger partial charge in [0.25, 0.3) is 0 Å². The molecule has 2 N–H and O–H groups in total. The first-order chi connectivity index (χ1) is 13.3. The van der Waals surface area contributed by atoms with E-state index in [1.54, 1.807) is 11.3 Å². The lowest BCUT2D eigenvalue weighted by atomic mass is 10.1. The molecule has 6 nitrogen and oxygen atoms in total. The maximum Gasteiger partial charge on any atom is 0.222 e. The van der Waals surface area contributed by atoms with E-state index in [2.05, 4.69) is 20.3 Å². The molecular weight excluding hydrogens is 360 g/mol. The average molecular weight is 378 g/mol. The van der Waals surface area contributed by atoms with Crippen molar-refractivity contribution in [3.63, 3.8) is 0 Å². The smallest absolute Gasteiger partial charge is 0.222 e. The first-order valence-corrected chi connectivity index (χ1v) is 9.86. The standard InChI is InChI=1S/C20H18N4O2S/c25-20-15-9-14(26-13-3-6-21-7-4-13)1-2-16(15)23-19(24-20)17-10-18-12(11-22-17)5-8-27-18/h1-2,5,8-11,13,21H,3-4,6-7H2,(H,23,24,25). The van der Waals surface area contributed by atoms with Crippen molar-refractivity contribution >= 4 is 32.3 Å². The van der Waals surface area contributed by atoms with E-state index in [0.29, 0.717) is 22.4 Å². The van der Waals surface area contributed by atoms with Crippen molar-refractivity contribution in [3.05, 3.63) is 41.9 Å². The first kappa shape index (κ1) is 16.4. The normalized spacial score (nSPS) is 15.4. The van der Waals surface area contributed by atoms with Gasteiger partial charge in [-0.25, -0.2) is 4.98 Å². The number of benzene rings is 1. The van der Waals surface area contributed by atoms with Crippen molar-refractivity contribution in [1.82, 2.24) is 20.3 Å². The van der Waals surface area contributed by atoms with Gasteiger partial charge in [-0.1, -0.05) is 0 Å². The predicted molar refractivity (Wildman–Crippen MR) is 106 cm³/mol. The van der Waals surface area contributed by atoms with E-state index < -0.39 is 0 Å². The summed E-state index contributed by atoms with van der Waals surface area (Å²) in [5.41, 5.74) is 1.32. The molecule has 0 bridgehead atoms. The molecule has 5 rings (SSSR count). The van der Waals surface area contributed by atoms with E-state index in [0.717, 1.165) is 41.8 Å². The van der Waals surface area contributed by atoms with Crippen LogP contribution in [0.3, 0.4) is 0 Å². The highest BCUT2D eigenvalue weighted by Gasteiger charge is 2.16. The van der Waals surface area contributed by atoms with E-state index in [1.807, 2.05) is 41.9 Å². The number of hydrogen-bond donors (Lipinski definition) is 2. The van der Waals surface area contributed by atoms with Crippen LogP contribution < -0.4 is 10.1 Å². The third kappa shape index (κ3) is 3.20. The Bertz CT molecular complexity index is 1120. The number of piperidine rings is 1. The van der Waals surface area contributed by atoms with Gasteiger partial charge in [-0.15, -0.1) is 11.3 Å². The third-order valence-electron chi connectivity index (χ3n) is 4.80. The van der Waals surface area contributed by atoms with E-state index in [1.165, 1.54) is 0 Å². The van der Waals surface area contributed by atoms with Crippen molar-refractivity contribution in [2.45, 2.75) is 18.9 Å². The van der Waals surface area contributed by atoms with Gasteiger partial charge >= 0.3 is 0 Å². The molecule has 0 radical (unpaired) electrons. The fraction of sp³-hybridized carbons (Fsp3) is 0.250. The number of fused-ring (bicyclic) bond motifs is 2. The topological polar surface area (TPSA) is 80.2 Å². The summed E-state index contributed by atoms with van der Waals surface area (Å²) in [7, 11) is 0. The summed E-state index contributed by atoms with van der Waals surface area (Å²) in [5, 5.41) is 17.5. The highest BCUT2D eigenvalue weighted by Crippen LogP contribution is 2.30. The Morgan fingerprint density at radius 1 is 1.11 bits per heavy atom. The average Bonchev–Trinajstić information content (AvgIpc) is 3.17. The summed E-state index contributed by atoms with van der Waals surface area (Å²) in [4.78, 5) is 13.3. The monoisotopic (exact) mass is 378 g/mol. The van der Waals surface area contributed by atoms with Crippen LogP contribution in [-0.2, 0) is 0 Å². The second kappa shape index (κ2) is 6.75. The molecule has 27 heavy (non-hydrogen) atoms. The number of aromatic nitrogens is 3. The van der Waals surface area contributed by atoms with Crippen LogP contribution in [0.4, 0.5) is 0 Å². The molecule has 0 spiro atoms. The van der Waals surface area contributed by atoms with Gasteiger partial charge in [0.1, 0.15) is 17.5 Å². The quantitative estimate of drug-likeness (QED) is 0.565. The molecule has 3 aromatic heterocycles. The molecule has 4 aromatic rings. The molecule has 0 amide bonds. The van der Waals surface area contributed by atoms with Crippen LogP contribution in [-0.4, -0.2) is 39.3 Å². The van der Waals surface area contributed by atoms with Crippen LogP contribution in [0.1, 0.15) is 12.8 Å². The minimum absolute atomic E-state index is 0.0566. The van der Waals surface area contributed by atoms with Crippen LogP contribution in [0.15, 0.2) is 41.9 Å². The fourth-order valence-corrected chi connectivity index (χ4v) is 4.16. The van der Waals surface area contributed by atoms with Gasteiger partial charge in [0, 0.05) is 16.3 Å². The molecule has 0 unspecified atom stereocenters. The molecule has 1 aliphatic rings. The van der Waals surface area contributed by atoms with Crippen LogP contribution in [0, 0.1) is 0 Å². The number of rotatable bonds is 3. The van der Waals surface area contributed by atoms with Crippen molar-refractivity contribution in [2.75, 3.05) is 13.1 Å². The largest absolute Gasteiger partial charge is 0.493 e. The summed E-state index contributed by atoms with van der Waals surface area (Å²) in [6.45, 7) is 1.94. The Kier molecular flexibility index (Phi) is 4.10. The molecule has 0 atom stereocenters. The van der Waals surface area contributed by atoms with Crippen LogP contribution in [0.2, 0.25) is 0 Å². The Morgan fingerprint density at radius 3 is 2.89 bits per heavy atom. The van der Waals surface area contributed by atoms with Gasteiger partial charge in [0.05, 0.1) is 10.9 Å². The molecule has 1 fully saturated rings. The van der Waals surface area contributed by atoms with Crippen LogP contribution in [0.5, 0.6) is 11.6 Å². The van der Waals surface area contributed by atoms with Crippen molar-refractivity contribution in [3.8, 4) is 23.1 Å². The Balaban J connectivity index is 1.50. The molecule has 0 aliphatic carbocycles. The molecule has 1 aliphatic heterocycles. The highest BCUT2D eigenvalue weighted by atomic mass is 32.1. The molecule has 7 heteroatoms. The summed E-state index contributed by atoms with van der Waals surface area (Å²) in [6, 6.07) is 9.55. The number of thiophene rings is 1. The lowest BCUT2D eigenvalue weighted by molar-refractivity contribution is 0.162. The molecule has 1 aromatic carbocycles. The van der Waals surface area contributed by atoms with E-state index in [-0.39, 0.29) is 12.0 Å². The summed E-state index contributed by atoms with van der Waals surface area (Å²) in [6.07, 6.45) is 3.97. The van der Waals surface area contributed by atoms with Gasteiger partial charge < -0.3 is 15.2 Å². The molecule has 136 valence electrons. The molecular formula is C20H18N4O2S. The van der Waals surface area contributed by atoms with Crippen molar-refractivity contribution < 1.29 is 9.84 Å². The SMILES string of the molecule is Oc1nc(-c2cc3sccc3cn2)nc2ccc(OC3CCNCC3)cc12. The molecule has 4 heterocycles. The van der Waals surface area contributed by atoms with Crippen LogP contribution >= 0.6 is 11.3 Å². The van der Waals surface area contributed by atoms with Crippen molar-refractivity contribution in [1.29, 1.82) is 0 Å². The van der Waals surface area contributed by atoms with E-state index >= 15 is 0 Å². The van der Waals surface area contributed by atoms with Crippen LogP contribution in [0.25, 0.3) is 32.5 Å². The maximum atomic E-state index is 10.5. The predicted octanol–water partition coefficient (Wildman–Crippen LogP) is 3.74. The van der Waals surface area contributed by atoms with E-state index in [4.69, 9.17) is 4.74 Å². The number of hydrogen-bond acceptors (Lipinski definition) is 7. The Hall–Kier alpha value is -2.77. The number of ether oxygens (including phenoxy) is 1. The lowest BCUT2D eigenvalue weighted by Crippen LogP contribution is -2.34. The fourth-order valence-electron chi connectivity index (χ4n) is 3.36. The molecule has 1 saturated heterocycles. The van der Waals surface area contributed by atoms with Gasteiger partial charge in [0.15, 0.2) is 5.82 Å². The number of aromatic hydroxyl groups is 1. The summed E-state index contributed by atoms with van der Waals surface area (Å²) >= 11 is 1.64. The van der Waals surface area contributed by atoms with Gasteiger partial charge in [-0.2, -0.15) is 4.98 Å². The summed E-state index contributed by atoms with van der Waals surface area (Å²) in [5.74, 6) is 1.10. The second-order valence-electron chi connectivity index (χ2n) is 6.64. The third-order valence-corrected chi connectivity index (χ3v) is 5.68. The molecule has 0 saturated carbocycles. The lowest BCUT2D eigenvalue weighted by Gasteiger charge is -2.23. The van der Waals surface area contributed by atoms with E-state index in [9.17, 15) is 5.11 Å². The second-order valence-corrected chi connectivity index (χ2v) is 7.59. The Labute approximate surface area is 159 Å². The van der Waals surface area contributed by atoms with Gasteiger partial charge in [0.2, 0.25) is 5.88 Å². The minimum atomic E-state index is -0.0566. The van der Waals surface area contributed by atoms with Crippen molar-refractivity contribution in [2.24, 2.45) is 0 Å². The minimum Gasteiger partial charge on any atom is -0.493 e. The number of nitrogens with one attached hydrogen (secondary N) is 1. The number of pyridine rings is 1. The summed E-state index contributed by atoms with van der Waals surface area (Å²) < 4.78 is 7.17. The Morgan fingerprint density at radius 2 is 2.00 bits per heavy atom. The maximum absolute atomic E-state index is 10.5. The first-order valence-electron chi connectivity index (χ1n) is 8.98. The zero-order valence-corrected chi connectivity index (χ0v) is 15.4. The van der Waals surface area contributed by atoms with Gasteiger partial charge in [-0.3, -0.25) is 4.98 Å². The zero-order chi connectivity index (χ0) is 18.2.